The van der Waals surface area contributed by atoms with Crippen molar-refractivity contribution in [3.8, 4) is 18.2 Å². The molecular formula is C15H10F3N3. The summed E-state index contributed by atoms with van der Waals surface area (Å²) in [6, 6.07) is 11.7. The Morgan fingerprint density at radius 3 is 2.00 bits per heavy atom. The number of benzene rings is 1. The van der Waals surface area contributed by atoms with Gasteiger partial charge in [0, 0.05) is 12.8 Å². The molecular weight excluding hydrogens is 279 g/mol. The monoisotopic (exact) mass is 289 g/mol. The Morgan fingerprint density at radius 2 is 1.57 bits per heavy atom. The second-order valence-corrected chi connectivity index (χ2v) is 4.46. The molecule has 0 aromatic heterocycles. The molecule has 6 heteroatoms. The molecule has 0 spiro atoms. The second kappa shape index (κ2) is 7.12. The molecule has 1 rings (SSSR count). The van der Waals surface area contributed by atoms with Gasteiger partial charge >= 0.3 is 6.08 Å². The molecule has 106 valence electrons. The van der Waals surface area contributed by atoms with Crippen LogP contribution in [0.5, 0.6) is 0 Å². The maximum atomic E-state index is 12.8. The molecule has 0 atom stereocenters. The molecule has 0 fully saturated rings. The molecule has 0 amide bonds. The van der Waals surface area contributed by atoms with Crippen LogP contribution in [0.25, 0.3) is 0 Å². The van der Waals surface area contributed by atoms with Crippen molar-refractivity contribution in [2.75, 3.05) is 0 Å². The Morgan fingerprint density at radius 1 is 1.00 bits per heavy atom. The number of hydrogen-bond donors (Lipinski definition) is 0. The maximum Gasteiger partial charge on any atom is 0.301 e. The van der Waals surface area contributed by atoms with Crippen LogP contribution in [-0.2, 0) is 6.42 Å². The summed E-state index contributed by atoms with van der Waals surface area (Å²) in [5, 5.41) is 27.0. The fourth-order valence-electron chi connectivity index (χ4n) is 1.77. The highest BCUT2D eigenvalue weighted by Gasteiger charge is 2.31. The summed E-state index contributed by atoms with van der Waals surface area (Å²) in [7, 11) is 0. The predicted molar refractivity (Wildman–Crippen MR) is 68.1 cm³/mol. The van der Waals surface area contributed by atoms with Crippen molar-refractivity contribution < 1.29 is 13.2 Å². The van der Waals surface area contributed by atoms with Gasteiger partial charge in [0.15, 0.2) is 5.83 Å². The standard InChI is InChI=1S/C15H10F3N3/c16-13(14(17)18)5-6-15(9-20,10-21)7-11-1-3-12(8-19)4-2-11/h1-4H,5-7H2. The van der Waals surface area contributed by atoms with E-state index in [9.17, 15) is 13.2 Å². The Balaban J connectivity index is 2.91. The van der Waals surface area contributed by atoms with Crippen LogP contribution in [0.2, 0.25) is 0 Å². The van der Waals surface area contributed by atoms with E-state index in [0.29, 0.717) is 11.1 Å². The summed E-state index contributed by atoms with van der Waals surface area (Å²) >= 11 is 0. The summed E-state index contributed by atoms with van der Waals surface area (Å²) in [5.41, 5.74) is -0.560. The van der Waals surface area contributed by atoms with Gasteiger partial charge in [-0.2, -0.15) is 24.6 Å². The first-order valence-corrected chi connectivity index (χ1v) is 5.97. The van der Waals surface area contributed by atoms with E-state index in [1.807, 2.05) is 6.07 Å². The van der Waals surface area contributed by atoms with E-state index in [4.69, 9.17) is 15.8 Å². The van der Waals surface area contributed by atoms with Gasteiger partial charge in [0.05, 0.1) is 23.8 Å². The first-order valence-electron chi connectivity index (χ1n) is 5.97. The zero-order valence-electron chi connectivity index (χ0n) is 10.9. The van der Waals surface area contributed by atoms with E-state index >= 15 is 0 Å². The zero-order chi connectivity index (χ0) is 15.9. The van der Waals surface area contributed by atoms with Crippen LogP contribution in [0, 0.1) is 39.4 Å². The average Bonchev–Trinajstić information content (AvgIpc) is 2.51. The molecule has 0 aliphatic rings. The first-order chi connectivity index (χ1) is 9.96. The van der Waals surface area contributed by atoms with Gasteiger partial charge in [-0.05, 0) is 24.1 Å². The van der Waals surface area contributed by atoms with Gasteiger partial charge in [0.25, 0.3) is 0 Å². The summed E-state index contributed by atoms with van der Waals surface area (Å²) in [6.45, 7) is 0. The van der Waals surface area contributed by atoms with E-state index in [1.54, 1.807) is 24.3 Å². The van der Waals surface area contributed by atoms with Crippen LogP contribution in [0.15, 0.2) is 36.2 Å². The van der Waals surface area contributed by atoms with Crippen molar-refractivity contribution in [3.05, 3.63) is 47.3 Å². The number of nitrogens with zero attached hydrogens (tertiary/aromatic N) is 3. The van der Waals surface area contributed by atoms with Crippen LogP contribution in [-0.4, -0.2) is 0 Å². The lowest BCUT2D eigenvalue weighted by molar-refractivity contribution is 0.355. The molecule has 0 saturated carbocycles. The van der Waals surface area contributed by atoms with Crippen LogP contribution in [0.3, 0.4) is 0 Å². The molecule has 21 heavy (non-hydrogen) atoms. The minimum absolute atomic E-state index is 0.0209. The first kappa shape index (κ1) is 16.3. The third kappa shape index (κ3) is 4.37. The molecule has 0 aliphatic heterocycles. The highest BCUT2D eigenvalue weighted by Crippen LogP contribution is 2.30. The van der Waals surface area contributed by atoms with Gasteiger partial charge in [-0.3, -0.25) is 0 Å². The molecule has 0 unspecified atom stereocenters. The minimum Gasteiger partial charge on any atom is -0.206 e. The second-order valence-electron chi connectivity index (χ2n) is 4.46. The largest absolute Gasteiger partial charge is 0.301 e. The molecule has 1 aromatic rings. The fourth-order valence-corrected chi connectivity index (χ4v) is 1.77. The van der Waals surface area contributed by atoms with Crippen LogP contribution < -0.4 is 0 Å². The third-order valence-electron chi connectivity index (χ3n) is 2.99. The van der Waals surface area contributed by atoms with Crippen molar-refractivity contribution in [2.45, 2.75) is 19.3 Å². The van der Waals surface area contributed by atoms with Crippen molar-refractivity contribution in [2.24, 2.45) is 5.41 Å². The number of hydrogen-bond acceptors (Lipinski definition) is 3. The molecule has 0 heterocycles. The van der Waals surface area contributed by atoms with Crippen LogP contribution in [0.1, 0.15) is 24.0 Å². The Kier molecular flexibility index (Phi) is 5.52. The SMILES string of the molecule is N#Cc1ccc(CC(C#N)(C#N)CCC(F)=C(F)F)cc1. The van der Waals surface area contributed by atoms with Crippen molar-refractivity contribution in [3.63, 3.8) is 0 Å². The van der Waals surface area contributed by atoms with Crippen molar-refractivity contribution >= 4 is 0 Å². The number of halogens is 3. The zero-order valence-corrected chi connectivity index (χ0v) is 10.9. The Hall–Kier alpha value is -2.78. The molecule has 0 aliphatic carbocycles. The number of nitriles is 3. The minimum atomic E-state index is -2.43. The quantitative estimate of drug-likeness (QED) is 0.822. The third-order valence-corrected chi connectivity index (χ3v) is 2.99. The normalized spacial score (nSPS) is 10.1. The molecule has 1 aromatic carbocycles. The molecule has 0 N–H and O–H groups in total. The van der Waals surface area contributed by atoms with E-state index in [0.717, 1.165) is 0 Å². The fraction of sp³-hybridized carbons (Fsp3) is 0.267. The van der Waals surface area contributed by atoms with Gasteiger partial charge in [-0.1, -0.05) is 12.1 Å². The summed E-state index contributed by atoms with van der Waals surface area (Å²) in [6.07, 6.45) is -3.45. The average molecular weight is 289 g/mol. The number of allylic oxidation sites excluding steroid dienone is 1. The summed E-state index contributed by atoms with van der Waals surface area (Å²) < 4.78 is 36.9. The van der Waals surface area contributed by atoms with Crippen molar-refractivity contribution in [1.29, 1.82) is 15.8 Å². The molecule has 0 saturated heterocycles. The van der Waals surface area contributed by atoms with Crippen LogP contribution >= 0.6 is 0 Å². The van der Waals surface area contributed by atoms with Gasteiger partial charge in [-0.15, -0.1) is 0 Å². The Labute approximate surface area is 120 Å². The van der Waals surface area contributed by atoms with E-state index < -0.39 is 23.7 Å². The molecule has 0 bridgehead atoms. The highest BCUT2D eigenvalue weighted by molar-refractivity contribution is 5.33. The van der Waals surface area contributed by atoms with Gasteiger partial charge < -0.3 is 0 Å². The summed E-state index contributed by atoms with van der Waals surface area (Å²) in [4.78, 5) is 0. The highest BCUT2D eigenvalue weighted by atomic mass is 19.3. The summed E-state index contributed by atoms with van der Waals surface area (Å²) in [5.74, 6) is -1.61. The topological polar surface area (TPSA) is 71.4 Å². The van der Waals surface area contributed by atoms with E-state index in [1.165, 1.54) is 12.1 Å². The Bertz CT molecular complexity index is 639. The van der Waals surface area contributed by atoms with E-state index in [2.05, 4.69) is 0 Å². The number of rotatable bonds is 5. The lowest BCUT2D eigenvalue weighted by atomic mass is 9.80. The maximum absolute atomic E-state index is 12.8. The van der Waals surface area contributed by atoms with Gasteiger partial charge in [-0.25, -0.2) is 4.39 Å². The predicted octanol–water partition coefficient (Wildman–Crippen LogP) is 3.99. The van der Waals surface area contributed by atoms with Gasteiger partial charge in [0.1, 0.15) is 5.41 Å². The smallest absolute Gasteiger partial charge is 0.206 e. The molecule has 3 nitrogen and oxygen atoms in total. The lowest BCUT2D eigenvalue weighted by Gasteiger charge is -2.18. The van der Waals surface area contributed by atoms with Crippen LogP contribution in [0.4, 0.5) is 13.2 Å². The van der Waals surface area contributed by atoms with E-state index in [-0.39, 0.29) is 12.8 Å². The van der Waals surface area contributed by atoms with Crippen molar-refractivity contribution in [1.82, 2.24) is 0 Å². The molecule has 0 radical (unpaired) electrons. The lowest BCUT2D eigenvalue weighted by Crippen LogP contribution is -2.19. The van der Waals surface area contributed by atoms with Gasteiger partial charge in [0.2, 0.25) is 0 Å².